The minimum absolute atomic E-state index is 0.496. The first kappa shape index (κ1) is 14.8. The maximum atomic E-state index is 5.98. The predicted octanol–water partition coefficient (Wildman–Crippen LogP) is 4.30. The van der Waals surface area contributed by atoms with E-state index in [1.54, 1.807) is 6.07 Å². The van der Waals surface area contributed by atoms with Crippen LogP contribution in [-0.2, 0) is 6.42 Å². The van der Waals surface area contributed by atoms with Crippen LogP contribution in [0.2, 0.25) is 5.15 Å². The second-order valence-corrected chi connectivity index (χ2v) is 5.26. The number of benzene rings is 1. The zero-order chi connectivity index (χ0) is 14.4. The zero-order valence-electron chi connectivity index (χ0n) is 11.9. The van der Waals surface area contributed by atoms with Gasteiger partial charge in [0.1, 0.15) is 16.8 Å². The van der Waals surface area contributed by atoms with Gasteiger partial charge in [0.15, 0.2) is 0 Å². The molecule has 2 aromatic rings. The summed E-state index contributed by atoms with van der Waals surface area (Å²) in [7, 11) is 0. The zero-order valence-corrected chi connectivity index (χ0v) is 12.7. The minimum Gasteiger partial charge on any atom is -0.370 e. The van der Waals surface area contributed by atoms with Gasteiger partial charge in [-0.3, -0.25) is 0 Å². The van der Waals surface area contributed by atoms with E-state index in [0.717, 1.165) is 31.0 Å². The smallest absolute Gasteiger partial charge is 0.134 e. The monoisotopic (exact) mass is 289 g/mol. The summed E-state index contributed by atoms with van der Waals surface area (Å²) in [4.78, 5) is 8.57. The van der Waals surface area contributed by atoms with Gasteiger partial charge < -0.3 is 5.32 Å². The van der Waals surface area contributed by atoms with Crippen molar-refractivity contribution < 1.29 is 0 Å². The molecule has 1 heterocycles. The summed E-state index contributed by atoms with van der Waals surface area (Å²) in [5, 5.41) is 3.82. The molecule has 0 fully saturated rings. The predicted molar refractivity (Wildman–Crippen MR) is 84.4 cm³/mol. The molecule has 0 spiro atoms. The molecule has 0 amide bonds. The molecule has 1 N–H and O–H groups in total. The van der Waals surface area contributed by atoms with Crippen LogP contribution in [0.1, 0.15) is 37.6 Å². The maximum Gasteiger partial charge on any atom is 0.134 e. The van der Waals surface area contributed by atoms with Crippen molar-refractivity contribution in [1.29, 1.82) is 0 Å². The van der Waals surface area contributed by atoms with Crippen molar-refractivity contribution in [2.75, 3.05) is 11.9 Å². The Hall–Kier alpha value is -1.61. The molecule has 0 bridgehead atoms. The Morgan fingerprint density at radius 3 is 2.65 bits per heavy atom. The molecular formula is C16H20ClN3. The average molecular weight is 290 g/mol. The highest BCUT2D eigenvalue weighted by Gasteiger charge is 2.05. The molecule has 20 heavy (non-hydrogen) atoms. The third-order valence-electron chi connectivity index (χ3n) is 3.31. The van der Waals surface area contributed by atoms with E-state index in [4.69, 9.17) is 11.6 Å². The fourth-order valence-corrected chi connectivity index (χ4v) is 2.28. The number of halogens is 1. The molecule has 106 valence electrons. The summed E-state index contributed by atoms with van der Waals surface area (Å²) in [5.74, 6) is 2.10. The van der Waals surface area contributed by atoms with E-state index in [2.05, 4.69) is 46.5 Å². The summed E-state index contributed by atoms with van der Waals surface area (Å²) in [6.07, 6.45) is 1.84. The highest BCUT2D eigenvalue weighted by molar-refractivity contribution is 6.29. The lowest BCUT2D eigenvalue weighted by atomic mass is 9.98. The fraction of sp³-hybridized carbons (Fsp3) is 0.375. The molecule has 0 aliphatic heterocycles. The fourth-order valence-electron chi connectivity index (χ4n) is 2.08. The number of anilines is 1. The second-order valence-electron chi connectivity index (χ2n) is 4.87. The Kier molecular flexibility index (Phi) is 5.36. The van der Waals surface area contributed by atoms with Gasteiger partial charge in [-0.25, -0.2) is 9.97 Å². The van der Waals surface area contributed by atoms with Crippen molar-refractivity contribution in [2.45, 2.75) is 32.6 Å². The van der Waals surface area contributed by atoms with E-state index in [1.165, 1.54) is 5.56 Å². The van der Waals surface area contributed by atoms with E-state index in [9.17, 15) is 0 Å². The normalized spacial score (nSPS) is 12.2. The van der Waals surface area contributed by atoms with Crippen molar-refractivity contribution in [1.82, 2.24) is 9.97 Å². The lowest BCUT2D eigenvalue weighted by Crippen LogP contribution is -2.08. The van der Waals surface area contributed by atoms with E-state index < -0.39 is 0 Å². The molecule has 0 radical (unpaired) electrons. The molecule has 1 unspecified atom stereocenters. The first-order chi connectivity index (χ1) is 9.69. The summed E-state index contributed by atoms with van der Waals surface area (Å²) < 4.78 is 0. The Balaban J connectivity index is 1.88. The van der Waals surface area contributed by atoms with Crippen molar-refractivity contribution in [3.05, 3.63) is 52.9 Å². The molecule has 1 aromatic heterocycles. The highest BCUT2D eigenvalue weighted by Crippen LogP contribution is 2.19. The van der Waals surface area contributed by atoms with Gasteiger partial charge in [0.25, 0.3) is 0 Å². The van der Waals surface area contributed by atoms with Gasteiger partial charge in [0.2, 0.25) is 0 Å². The average Bonchev–Trinajstić information content (AvgIpc) is 2.47. The number of hydrogen-bond donors (Lipinski definition) is 1. The topological polar surface area (TPSA) is 37.8 Å². The van der Waals surface area contributed by atoms with Crippen molar-refractivity contribution in [3.63, 3.8) is 0 Å². The second kappa shape index (κ2) is 7.25. The van der Waals surface area contributed by atoms with Gasteiger partial charge in [0, 0.05) is 19.0 Å². The van der Waals surface area contributed by atoms with Crippen LogP contribution in [0, 0.1) is 0 Å². The van der Waals surface area contributed by atoms with Gasteiger partial charge in [-0.2, -0.15) is 0 Å². The maximum absolute atomic E-state index is 5.98. The molecule has 3 nitrogen and oxygen atoms in total. The molecule has 0 aliphatic rings. The Morgan fingerprint density at radius 1 is 1.20 bits per heavy atom. The van der Waals surface area contributed by atoms with Crippen LogP contribution >= 0.6 is 11.6 Å². The Labute approximate surface area is 125 Å². The van der Waals surface area contributed by atoms with Crippen LogP contribution < -0.4 is 5.32 Å². The van der Waals surface area contributed by atoms with Crippen molar-refractivity contribution in [3.8, 4) is 0 Å². The molecule has 0 aliphatic carbocycles. The number of rotatable bonds is 6. The van der Waals surface area contributed by atoms with Crippen molar-refractivity contribution >= 4 is 17.4 Å². The van der Waals surface area contributed by atoms with Crippen LogP contribution in [0.25, 0.3) is 0 Å². The van der Waals surface area contributed by atoms with Gasteiger partial charge >= 0.3 is 0 Å². The Morgan fingerprint density at radius 2 is 1.95 bits per heavy atom. The van der Waals surface area contributed by atoms with E-state index in [0.29, 0.717) is 11.1 Å². The van der Waals surface area contributed by atoms with E-state index >= 15 is 0 Å². The largest absolute Gasteiger partial charge is 0.370 e. The van der Waals surface area contributed by atoms with Crippen LogP contribution in [-0.4, -0.2) is 16.5 Å². The lowest BCUT2D eigenvalue weighted by Gasteiger charge is -2.13. The highest BCUT2D eigenvalue weighted by atomic mass is 35.5. The van der Waals surface area contributed by atoms with Crippen LogP contribution in [0.15, 0.2) is 36.4 Å². The lowest BCUT2D eigenvalue weighted by molar-refractivity contribution is 0.704. The van der Waals surface area contributed by atoms with E-state index in [-0.39, 0.29) is 0 Å². The molecule has 1 atom stereocenters. The molecular weight excluding hydrogens is 270 g/mol. The molecule has 4 heteroatoms. The van der Waals surface area contributed by atoms with Crippen LogP contribution in [0.3, 0.4) is 0 Å². The number of nitrogens with zero attached hydrogens (tertiary/aromatic N) is 2. The molecule has 2 rings (SSSR count). The summed E-state index contributed by atoms with van der Waals surface area (Å²) >= 11 is 5.98. The van der Waals surface area contributed by atoms with Crippen LogP contribution in [0.4, 0.5) is 5.82 Å². The molecule has 0 saturated heterocycles. The van der Waals surface area contributed by atoms with Gasteiger partial charge in [-0.15, -0.1) is 0 Å². The quantitative estimate of drug-likeness (QED) is 0.806. The summed E-state index contributed by atoms with van der Waals surface area (Å²) in [5.41, 5.74) is 1.37. The number of nitrogens with one attached hydrogen (secondary N) is 1. The van der Waals surface area contributed by atoms with Crippen molar-refractivity contribution in [2.24, 2.45) is 0 Å². The van der Waals surface area contributed by atoms with Gasteiger partial charge in [0.05, 0.1) is 0 Å². The Bertz CT molecular complexity index is 543. The number of hydrogen-bond acceptors (Lipinski definition) is 3. The molecule has 0 saturated carbocycles. The standard InChI is InChI=1S/C16H20ClN3/c1-3-15-19-14(17)11-16(20-15)18-10-9-12(2)13-7-5-4-6-8-13/h4-8,11-12H,3,9-10H2,1-2H3,(H,18,19,20). The SMILES string of the molecule is CCc1nc(Cl)cc(NCCC(C)c2ccccc2)n1. The molecule has 1 aromatic carbocycles. The summed E-state index contributed by atoms with van der Waals surface area (Å²) in [6, 6.07) is 12.3. The third-order valence-corrected chi connectivity index (χ3v) is 3.50. The van der Waals surface area contributed by atoms with E-state index in [1.807, 2.05) is 13.0 Å². The van der Waals surface area contributed by atoms with Gasteiger partial charge in [-0.05, 0) is 17.9 Å². The number of aromatic nitrogens is 2. The minimum atomic E-state index is 0.496. The first-order valence-corrected chi connectivity index (χ1v) is 7.39. The van der Waals surface area contributed by atoms with Crippen LogP contribution in [0.5, 0.6) is 0 Å². The number of aryl methyl sites for hydroxylation is 1. The first-order valence-electron chi connectivity index (χ1n) is 7.01. The summed E-state index contributed by atoms with van der Waals surface area (Å²) in [6.45, 7) is 5.13. The third kappa shape index (κ3) is 4.20. The van der Waals surface area contributed by atoms with Gasteiger partial charge in [-0.1, -0.05) is 55.8 Å².